The molecule has 16 heavy (non-hydrogen) atoms. The van der Waals surface area contributed by atoms with Crippen molar-refractivity contribution >= 4 is 23.6 Å². The third-order valence-electron chi connectivity index (χ3n) is 3.02. The van der Waals surface area contributed by atoms with Crippen molar-refractivity contribution in [1.29, 1.82) is 0 Å². The molecule has 3 N–H and O–H groups in total. The molecule has 2 rings (SSSR count). The van der Waals surface area contributed by atoms with Gasteiger partial charge in [-0.2, -0.15) is 0 Å². The number of aromatic amines is 1. The lowest BCUT2D eigenvalue weighted by atomic mass is 10.0. The van der Waals surface area contributed by atoms with Gasteiger partial charge in [0, 0.05) is 17.3 Å². The van der Waals surface area contributed by atoms with Crippen LogP contribution in [-0.2, 0) is 10.2 Å². The van der Waals surface area contributed by atoms with Crippen molar-refractivity contribution in [3.8, 4) is 0 Å². The van der Waals surface area contributed by atoms with Crippen LogP contribution in [0.2, 0.25) is 0 Å². The molecule has 4 heteroatoms. The quantitative estimate of drug-likeness (QED) is 0.759. The average Bonchev–Trinajstić information content (AvgIpc) is 2.95. The number of halogens is 1. The Kier molecular flexibility index (Phi) is 3.06. The molecular formula is C12H15ClN2O. The van der Waals surface area contributed by atoms with Crippen LogP contribution in [0.4, 0.5) is 0 Å². The van der Waals surface area contributed by atoms with Gasteiger partial charge in [-0.05, 0) is 37.5 Å². The maximum absolute atomic E-state index is 11.3. The predicted molar refractivity (Wildman–Crippen MR) is 65.3 cm³/mol. The van der Waals surface area contributed by atoms with Crippen molar-refractivity contribution in [3.63, 3.8) is 0 Å². The Morgan fingerprint density at radius 3 is 2.88 bits per heavy atom. The fourth-order valence-corrected chi connectivity index (χ4v) is 1.96. The zero-order valence-electron chi connectivity index (χ0n) is 9.00. The summed E-state index contributed by atoms with van der Waals surface area (Å²) in [5.74, 6) is 0.389. The van der Waals surface area contributed by atoms with E-state index in [4.69, 9.17) is 17.3 Å². The molecule has 0 bridgehead atoms. The largest absolute Gasteiger partial charge is 0.369 e. The average molecular weight is 239 g/mol. The molecule has 3 nitrogen and oxygen atoms in total. The molecule has 1 aliphatic carbocycles. The molecule has 0 saturated heterocycles. The van der Waals surface area contributed by atoms with E-state index in [-0.39, 0.29) is 5.91 Å². The SMILES string of the molecule is NC(=O)C1(c2ccc(/C=C\CCCl)[nH]2)CC1. The smallest absolute Gasteiger partial charge is 0.229 e. The van der Waals surface area contributed by atoms with Gasteiger partial charge in [-0.1, -0.05) is 6.08 Å². The Morgan fingerprint density at radius 2 is 2.31 bits per heavy atom. The summed E-state index contributed by atoms with van der Waals surface area (Å²) in [5.41, 5.74) is 6.91. The van der Waals surface area contributed by atoms with E-state index in [1.807, 2.05) is 24.3 Å². The van der Waals surface area contributed by atoms with Crippen molar-refractivity contribution in [2.45, 2.75) is 24.7 Å². The lowest BCUT2D eigenvalue weighted by Crippen LogP contribution is -2.28. The van der Waals surface area contributed by atoms with Crippen LogP contribution >= 0.6 is 11.6 Å². The van der Waals surface area contributed by atoms with E-state index in [0.717, 1.165) is 30.7 Å². The van der Waals surface area contributed by atoms with Gasteiger partial charge in [-0.15, -0.1) is 11.6 Å². The zero-order valence-corrected chi connectivity index (χ0v) is 9.76. The molecule has 0 spiro atoms. The van der Waals surface area contributed by atoms with Crippen molar-refractivity contribution in [3.05, 3.63) is 29.6 Å². The third-order valence-corrected chi connectivity index (χ3v) is 3.24. The summed E-state index contributed by atoms with van der Waals surface area (Å²) in [6.07, 6.45) is 6.54. The van der Waals surface area contributed by atoms with E-state index < -0.39 is 5.41 Å². The normalized spacial score (nSPS) is 17.8. The van der Waals surface area contributed by atoms with Gasteiger partial charge in [0.25, 0.3) is 0 Å². The fourth-order valence-electron chi connectivity index (χ4n) is 1.84. The standard InChI is InChI=1S/C12H15ClN2O/c13-8-2-1-3-9-4-5-10(15-9)12(6-7-12)11(14)16/h1,3-5,15H,2,6-8H2,(H2,14,16)/b3-1-. The van der Waals surface area contributed by atoms with Crippen LogP contribution in [0, 0.1) is 0 Å². The van der Waals surface area contributed by atoms with Crippen LogP contribution in [0.3, 0.4) is 0 Å². The van der Waals surface area contributed by atoms with Crippen LogP contribution in [-0.4, -0.2) is 16.8 Å². The molecule has 1 aliphatic rings. The number of carbonyl (C=O) groups is 1. The van der Waals surface area contributed by atoms with Crippen molar-refractivity contribution in [2.75, 3.05) is 5.88 Å². The highest BCUT2D eigenvalue weighted by molar-refractivity contribution is 6.17. The lowest BCUT2D eigenvalue weighted by molar-refractivity contribution is -0.120. The summed E-state index contributed by atoms with van der Waals surface area (Å²) in [6, 6.07) is 3.90. The molecular weight excluding hydrogens is 224 g/mol. The predicted octanol–water partition coefficient (Wildman–Crippen LogP) is 2.17. The minimum atomic E-state index is -0.418. The summed E-state index contributed by atoms with van der Waals surface area (Å²) in [6.45, 7) is 0. The maximum Gasteiger partial charge on any atom is 0.229 e. The summed E-state index contributed by atoms with van der Waals surface area (Å²) < 4.78 is 0. The molecule has 1 aromatic rings. The van der Waals surface area contributed by atoms with Crippen LogP contribution in [0.5, 0.6) is 0 Å². The number of hydrogen-bond acceptors (Lipinski definition) is 1. The summed E-state index contributed by atoms with van der Waals surface area (Å²) in [4.78, 5) is 14.5. The molecule has 0 radical (unpaired) electrons. The molecule has 0 aromatic carbocycles. The number of alkyl halides is 1. The number of aromatic nitrogens is 1. The third kappa shape index (κ3) is 2.00. The van der Waals surface area contributed by atoms with E-state index in [1.165, 1.54) is 0 Å². The van der Waals surface area contributed by atoms with E-state index >= 15 is 0 Å². The van der Waals surface area contributed by atoms with E-state index in [2.05, 4.69) is 4.98 Å². The van der Waals surface area contributed by atoms with Gasteiger partial charge < -0.3 is 10.7 Å². The Bertz CT molecular complexity index is 418. The van der Waals surface area contributed by atoms with Crippen molar-refractivity contribution in [1.82, 2.24) is 4.98 Å². The van der Waals surface area contributed by atoms with Gasteiger partial charge in [0.15, 0.2) is 0 Å². The highest BCUT2D eigenvalue weighted by Gasteiger charge is 2.51. The molecule has 1 aromatic heterocycles. The summed E-state index contributed by atoms with van der Waals surface area (Å²) >= 11 is 5.57. The summed E-state index contributed by atoms with van der Waals surface area (Å²) in [5, 5.41) is 0. The number of rotatable bonds is 5. The number of nitrogens with two attached hydrogens (primary N) is 1. The topological polar surface area (TPSA) is 58.9 Å². The second kappa shape index (κ2) is 4.34. The molecule has 1 heterocycles. The van der Waals surface area contributed by atoms with Crippen LogP contribution < -0.4 is 5.73 Å². The molecule has 1 amide bonds. The van der Waals surface area contributed by atoms with Gasteiger partial charge >= 0.3 is 0 Å². The number of amides is 1. The number of H-pyrrole nitrogens is 1. The number of carbonyl (C=O) groups excluding carboxylic acids is 1. The first-order valence-electron chi connectivity index (χ1n) is 5.41. The monoisotopic (exact) mass is 238 g/mol. The molecule has 86 valence electrons. The first-order valence-corrected chi connectivity index (χ1v) is 5.94. The minimum absolute atomic E-state index is 0.231. The van der Waals surface area contributed by atoms with Crippen molar-refractivity contribution in [2.24, 2.45) is 5.73 Å². The first kappa shape index (κ1) is 11.3. The minimum Gasteiger partial charge on any atom is -0.369 e. The molecule has 0 aliphatic heterocycles. The zero-order chi connectivity index (χ0) is 11.6. The molecule has 0 unspecified atom stereocenters. The number of hydrogen-bond donors (Lipinski definition) is 2. The molecule has 1 saturated carbocycles. The number of nitrogens with one attached hydrogen (secondary N) is 1. The second-order valence-electron chi connectivity index (χ2n) is 4.15. The van der Waals surface area contributed by atoms with Gasteiger partial charge in [0.2, 0.25) is 5.91 Å². The highest BCUT2D eigenvalue weighted by Crippen LogP contribution is 2.47. The molecule has 0 atom stereocenters. The highest BCUT2D eigenvalue weighted by atomic mass is 35.5. The van der Waals surface area contributed by atoms with E-state index in [1.54, 1.807) is 0 Å². The van der Waals surface area contributed by atoms with E-state index in [0.29, 0.717) is 5.88 Å². The first-order chi connectivity index (χ1) is 7.69. The fraction of sp³-hybridized carbons (Fsp3) is 0.417. The van der Waals surface area contributed by atoms with Crippen LogP contribution in [0.15, 0.2) is 18.2 Å². The van der Waals surface area contributed by atoms with Gasteiger partial charge in [-0.3, -0.25) is 4.79 Å². The van der Waals surface area contributed by atoms with Gasteiger partial charge in [0.1, 0.15) is 0 Å². The summed E-state index contributed by atoms with van der Waals surface area (Å²) in [7, 11) is 0. The van der Waals surface area contributed by atoms with E-state index in [9.17, 15) is 4.79 Å². The number of allylic oxidation sites excluding steroid dienone is 1. The van der Waals surface area contributed by atoms with Gasteiger partial charge in [0.05, 0.1) is 5.41 Å². The van der Waals surface area contributed by atoms with Crippen molar-refractivity contribution < 1.29 is 4.79 Å². The Hall–Kier alpha value is -1.22. The Balaban J connectivity index is 2.11. The Morgan fingerprint density at radius 1 is 1.56 bits per heavy atom. The van der Waals surface area contributed by atoms with Crippen LogP contribution in [0.1, 0.15) is 30.7 Å². The number of primary amides is 1. The van der Waals surface area contributed by atoms with Gasteiger partial charge in [-0.25, -0.2) is 0 Å². The van der Waals surface area contributed by atoms with Crippen LogP contribution in [0.25, 0.3) is 6.08 Å². The second-order valence-corrected chi connectivity index (χ2v) is 4.53. The molecule has 1 fully saturated rings. The Labute approximate surface area is 99.7 Å². The lowest BCUT2D eigenvalue weighted by Gasteiger charge is -2.07. The maximum atomic E-state index is 11.3.